The number of fused-ring (bicyclic) bond motifs is 2. The molecule has 178 valence electrons. The summed E-state index contributed by atoms with van der Waals surface area (Å²) < 4.78 is 68.8. The lowest BCUT2D eigenvalue weighted by molar-refractivity contribution is -0.0499. The van der Waals surface area contributed by atoms with Gasteiger partial charge in [-0.05, 0) is 28.1 Å². The molecule has 0 amide bonds. The Morgan fingerprint density at radius 3 is 2.12 bits per heavy atom. The summed E-state index contributed by atoms with van der Waals surface area (Å²) in [5.74, 6) is -0.409. The van der Waals surface area contributed by atoms with Gasteiger partial charge in [0.2, 0.25) is 0 Å². The van der Waals surface area contributed by atoms with Gasteiger partial charge in [0.15, 0.2) is 5.75 Å². The van der Waals surface area contributed by atoms with Gasteiger partial charge in [0.25, 0.3) is 0 Å². The van der Waals surface area contributed by atoms with Crippen molar-refractivity contribution in [3.05, 3.63) is 36.5 Å². The topological polar surface area (TPSA) is 61.2 Å². The Labute approximate surface area is 193 Å². The molecule has 0 bridgehead atoms. The summed E-state index contributed by atoms with van der Waals surface area (Å²) in [6, 6.07) is 11.3. The average Bonchev–Trinajstić information content (AvgIpc) is 3.09. The van der Waals surface area contributed by atoms with Crippen molar-refractivity contribution in [3.63, 3.8) is 0 Å². The molecule has 0 N–H and O–H groups in total. The third kappa shape index (κ3) is 4.36. The molecule has 10 heteroatoms. The number of halogens is 3. The van der Waals surface area contributed by atoms with Crippen LogP contribution >= 0.6 is 0 Å². The second-order valence-corrected chi connectivity index (χ2v) is 16.2. The molecule has 0 saturated carbocycles. The first kappa shape index (κ1) is 25.1. The highest BCUT2D eigenvalue weighted by Crippen LogP contribution is 2.41. The van der Waals surface area contributed by atoms with Crippen molar-refractivity contribution < 1.29 is 25.8 Å². The van der Waals surface area contributed by atoms with Gasteiger partial charge in [-0.15, -0.1) is 5.54 Å². The van der Waals surface area contributed by atoms with Gasteiger partial charge in [-0.1, -0.05) is 65.8 Å². The first-order valence-electron chi connectivity index (χ1n) is 10.7. The predicted molar refractivity (Wildman–Crippen MR) is 127 cm³/mol. The van der Waals surface area contributed by atoms with E-state index in [-0.39, 0.29) is 10.8 Å². The van der Waals surface area contributed by atoms with E-state index >= 15 is 0 Å². The van der Waals surface area contributed by atoms with Crippen LogP contribution in [0.15, 0.2) is 36.5 Å². The summed E-state index contributed by atoms with van der Waals surface area (Å²) in [4.78, 5) is 0. The second kappa shape index (κ2) is 8.69. The first-order valence-corrected chi connectivity index (χ1v) is 14.3. The van der Waals surface area contributed by atoms with Crippen molar-refractivity contribution in [1.82, 2.24) is 9.78 Å². The SMILES string of the molecule is CC(C)[Si](C#Cn1ncc2c(OS(=O)(=O)C(F)(F)F)c3ccccc3cc21)(C(C)C)C(C)C. The van der Waals surface area contributed by atoms with E-state index in [1.165, 1.54) is 16.9 Å². The van der Waals surface area contributed by atoms with Crippen LogP contribution < -0.4 is 4.18 Å². The fourth-order valence-corrected chi connectivity index (χ4v) is 10.4. The van der Waals surface area contributed by atoms with Crippen LogP contribution in [0.1, 0.15) is 41.5 Å². The Kier molecular flexibility index (Phi) is 6.61. The van der Waals surface area contributed by atoms with Crippen LogP contribution in [0, 0.1) is 11.6 Å². The predicted octanol–water partition coefficient (Wildman–Crippen LogP) is 6.44. The zero-order valence-electron chi connectivity index (χ0n) is 19.4. The molecular weight excluding hydrogens is 469 g/mol. The first-order chi connectivity index (χ1) is 15.2. The lowest BCUT2D eigenvalue weighted by Gasteiger charge is -2.37. The molecule has 3 aromatic rings. The Morgan fingerprint density at radius 2 is 1.58 bits per heavy atom. The molecular formula is C23H27F3N2O3SSi. The zero-order chi connectivity index (χ0) is 24.8. The van der Waals surface area contributed by atoms with E-state index in [0.29, 0.717) is 27.5 Å². The van der Waals surface area contributed by atoms with Crippen LogP contribution in [-0.2, 0) is 10.1 Å². The van der Waals surface area contributed by atoms with E-state index in [9.17, 15) is 21.6 Å². The monoisotopic (exact) mass is 496 g/mol. The van der Waals surface area contributed by atoms with Gasteiger partial charge in [-0.3, -0.25) is 0 Å². The molecule has 2 aromatic carbocycles. The minimum atomic E-state index is -5.86. The number of rotatable bonds is 5. The van der Waals surface area contributed by atoms with Gasteiger partial charge >= 0.3 is 15.6 Å². The number of benzene rings is 2. The van der Waals surface area contributed by atoms with Crippen LogP contribution in [-0.4, -0.2) is 31.8 Å². The van der Waals surface area contributed by atoms with Crippen molar-refractivity contribution in [2.75, 3.05) is 0 Å². The smallest absolute Gasteiger partial charge is 0.375 e. The van der Waals surface area contributed by atoms with Gasteiger partial charge in [-0.25, -0.2) is 0 Å². The number of alkyl halides is 3. The second-order valence-electron chi connectivity index (χ2n) is 9.03. The molecule has 1 aromatic heterocycles. The number of hydrogen-bond donors (Lipinski definition) is 0. The standard InChI is InChI=1S/C23H27F3N2O3SSi/c1-15(2)33(16(3)4,17(5)6)12-11-28-21-13-18-9-7-8-10-19(18)22(20(21)14-27-28)31-32(29,30)23(24,25)26/h7-10,13-17H,1-6H3. The highest BCUT2D eigenvalue weighted by molar-refractivity contribution is 7.88. The third-order valence-electron chi connectivity index (χ3n) is 6.27. The third-order valence-corrected chi connectivity index (χ3v) is 13.5. The van der Waals surface area contributed by atoms with Crippen LogP contribution in [0.3, 0.4) is 0 Å². The molecule has 1 heterocycles. The van der Waals surface area contributed by atoms with E-state index < -0.39 is 29.4 Å². The molecule has 0 spiro atoms. The fraction of sp³-hybridized carbons (Fsp3) is 0.435. The van der Waals surface area contributed by atoms with Gasteiger partial charge in [-0.2, -0.15) is 31.4 Å². The van der Waals surface area contributed by atoms with Gasteiger partial charge in [0.1, 0.15) is 8.07 Å². The van der Waals surface area contributed by atoms with Crippen molar-refractivity contribution in [2.45, 2.75) is 63.7 Å². The molecule has 0 atom stereocenters. The molecule has 0 aliphatic heterocycles. The Bertz CT molecular complexity index is 1330. The maximum absolute atomic E-state index is 13.1. The number of hydrogen-bond acceptors (Lipinski definition) is 4. The lowest BCUT2D eigenvalue weighted by Crippen LogP contribution is -2.43. The van der Waals surface area contributed by atoms with Crippen molar-refractivity contribution in [1.29, 1.82) is 0 Å². The van der Waals surface area contributed by atoms with Gasteiger partial charge in [0.05, 0.1) is 17.1 Å². The number of aromatic nitrogens is 2. The average molecular weight is 497 g/mol. The molecule has 3 rings (SSSR count). The van der Waals surface area contributed by atoms with Crippen LogP contribution in [0.25, 0.3) is 21.7 Å². The molecule has 5 nitrogen and oxygen atoms in total. The minimum absolute atomic E-state index is 0.140. The fourth-order valence-electron chi connectivity index (χ4n) is 4.71. The summed E-state index contributed by atoms with van der Waals surface area (Å²) >= 11 is 0. The largest absolute Gasteiger partial charge is 0.534 e. The Morgan fingerprint density at radius 1 is 1.00 bits per heavy atom. The van der Waals surface area contributed by atoms with Gasteiger partial charge in [0, 0.05) is 11.4 Å². The molecule has 0 aliphatic carbocycles. The van der Waals surface area contributed by atoms with Crippen molar-refractivity contribution >= 4 is 39.9 Å². The normalized spacial score (nSPS) is 13.2. The maximum atomic E-state index is 13.1. The molecule has 0 fully saturated rings. The highest BCUT2D eigenvalue weighted by atomic mass is 32.2. The lowest BCUT2D eigenvalue weighted by atomic mass is 10.1. The molecule has 0 radical (unpaired) electrons. The van der Waals surface area contributed by atoms with E-state index in [1.54, 1.807) is 24.3 Å². The maximum Gasteiger partial charge on any atom is 0.534 e. The summed E-state index contributed by atoms with van der Waals surface area (Å²) in [6.45, 7) is 13.0. The van der Waals surface area contributed by atoms with Crippen LogP contribution in [0.2, 0.25) is 16.6 Å². The quantitative estimate of drug-likeness (QED) is 0.176. The van der Waals surface area contributed by atoms with Gasteiger partial charge < -0.3 is 4.18 Å². The zero-order valence-corrected chi connectivity index (χ0v) is 21.2. The van der Waals surface area contributed by atoms with Crippen molar-refractivity contribution in [3.8, 4) is 17.3 Å². The van der Waals surface area contributed by atoms with Crippen LogP contribution in [0.4, 0.5) is 13.2 Å². The summed E-state index contributed by atoms with van der Waals surface area (Å²) in [5.41, 5.74) is -0.519. The molecule has 33 heavy (non-hydrogen) atoms. The van der Waals surface area contributed by atoms with E-state index in [4.69, 9.17) is 0 Å². The molecule has 0 unspecified atom stereocenters. The molecule has 0 saturated heterocycles. The Hall–Kier alpha value is -2.51. The van der Waals surface area contributed by atoms with E-state index in [0.717, 1.165) is 0 Å². The summed E-state index contributed by atoms with van der Waals surface area (Å²) in [6.07, 6.45) is 1.29. The van der Waals surface area contributed by atoms with E-state index in [1.807, 2.05) is 0 Å². The van der Waals surface area contributed by atoms with Crippen molar-refractivity contribution in [2.24, 2.45) is 0 Å². The molecule has 0 aliphatic rings. The summed E-state index contributed by atoms with van der Waals surface area (Å²) in [7, 11) is -7.96. The number of nitrogens with zero attached hydrogens (tertiary/aromatic N) is 2. The Balaban J connectivity index is 2.28. The van der Waals surface area contributed by atoms with Crippen LogP contribution in [0.5, 0.6) is 5.75 Å². The highest BCUT2D eigenvalue weighted by Gasteiger charge is 2.49. The summed E-state index contributed by atoms with van der Waals surface area (Å²) in [5, 5.41) is 5.15. The van der Waals surface area contributed by atoms with E-state index in [2.05, 4.69) is 62.4 Å². The minimum Gasteiger partial charge on any atom is -0.375 e.